The zero-order valence-electron chi connectivity index (χ0n) is 14.3. The molecule has 0 aromatic rings. The minimum Gasteiger partial charge on any atom is -0.345 e. The van der Waals surface area contributed by atoms with Crippen LogP contribution in [0, 0.1) is 17.3 Å². The van der Waals surface area contributed by atoms with E-state index in [2.05, 4.69) is 13.8 Å². The molecule has 0 N–H and O–H groups in total. The molecule has 3 aliphatic carbocycles. The van der Waals surface area contributed by atoms with Gasteiger partial charge in [-0.3, -0.25) is 4.79 Å². The number of ketones is 1. The van der Waals surface area contributed by atoms with Crippen LogP contribution in [0.1, 0.15) is 66.2 Å². The summed E-state index contributed by atoms with van der Waals surface area (Å²) in [4.78, 5) is 12.1. The number of fused-ring (bicyclic) bond motifs is 4. The first-order valence-corrected chi connectivity index (χ1v) is 8.88. The number of ether oxygens (including phenoxy) is 2. The van der Waals surface area contributed by atoms with E-state index in [-0.39, 0.29) is 12.2 Å². The molecule has 1 saturated heterocycles. The number of hydrogen-bond acceptors (Lipinski definition) is 3. The highest BCUT2D eigenvalue weighted by Crippen LogP contribution is 2.59. The molecule has 4 rings (SSSR count). The summed E-state index contributed by atoms with van der Waals surface area (Å²) in [5.74, 6) is 1.20. The average Bonchev–Trinajstić information content (AvgIpc) is 2.72. The molecule has 0 aromatic heterocycles. The van der Waals surface area contributed by atoms with Crippen molar-refractivity contribution in [1.29, 1.82) is 0 Å². The molecule has 1 aliphatic heterocycles. The van der Waals surface area contributed by atoms with Crippen molar-refractivity contribution in [2.75, 3.05) is 0 Å². The molecule has 0 unspecified atom stereocenters. The monoisotopic (exact) mass is 304 g/mol. The number of carbonyl (C=O) groups excluding carboxylic acids is 1. The van der Waals surface area contributed by atoms with E-state index in [1.807, 2.05) is 13.8 Å². The van der Waals surface area contributed by atoms with E-state index in [9.17, 15) is 4.79 Å². The highest BCUT2D eigenvalue weighted by Gasteiger charge is 2.56. The van der Waals surface area contributed by atoms with Gasteiger partial charge in [0.15, 0.2) is 11.6 Å². The highest BCUT2D eigenvalue weighted by molar-refractivity contribution is 5.96. The lowest BCUT2D eigenvalue weighted by atomic mass is 9.52. The van der Waals surface area contributed by atoms with Gasteiger partial charge < -0.3 is 9.47 Å². The Balaban J connectivity index is 1.66. The maximum Gasteiger partial charge on any atom is 0.163 e. The molecule has 0 aromatic carbocycles. The number of rotatable bonds is 0. The molecule has 2 saturated carbocycles. The molecule has 1 heterocycles. The summed E-state index contributed by atoms with van der Waals surface area (Å²) in [6.07, 6.45) is 6.80. The Morgan fingerprint density at radius 2 is 1.82 bits per heavy atom. The van der Waals surface area contributed by atoms with Crippen molar-refractivity contribution >= 4 is 5.78 Å². The predicted octanol–water partition coefficient (Wildman–Crippen LogP) is 4.01. The summed E-state index contributed by atoms with van der Waals surface area (Å²) in [5, 5.41) is 0. The zero-order chi connectivity index (χ0) is 15.7. The van der Waals surface area contributed by atoms with Crippen LogP contribution in [0.2, 0.25) is 0 Å². The summed E-state index contributed by atoms with van der Waals surface area (Å²) < 4.78 is 12.3. The molecule has 22 heavy (non-hydrogen) atoms. The van der Waals surface area contributed by atoms with Crippen molar-refractivity contribution in [2.45, 2.75) is 84.2 Å². The zero-order valence-corrected chi connectivity index (χ0v) is 14.3. The smallest absolute Gasteiger partial charge is 0.163 e. The number of hydrogen-bond donors (Lipinski definition) is 0. The second kappa shape index (κ2) is 4.67. The van der Waals surface area contributed by atoms with Crippen LogP contribution >= 0.6 is 0 Å². The summed E-state index contributed by atoms with van der Waals surface area (Å²) in [6, 6.07) is 0. The third kappa shape index (κ3) is 2.12. The second-order valence-corrected chi connectivity index (χ2v) is 8.63. The Morgan fingerprint density at radius 3 is 2.59 bits per heavy atom. The van der Waals surface area contributed by atoms with Crippen molar-refractivity contribution in [3.63, 3.8) is 0 Å². The van der Waals surface area contributed by atoms with Gasteiger partial charge in [-0.25, -0.2) is 0 Å². The number of carbonyl (C=O) groups is 1. The molecular formula is C19H28O3. The maximum absolute atomic E-state index is 12.1. The first-order valence-electron chi connectivity index (χ1n) is 8.88. The maximum atomic E-state index is 12.1. The molecule has 3 nitrogen and oxygen atoms in total. The molecule has 122 valence electrons. The van der Waals surface area contributed by atoms with Gasteiger partial charge in [0, 0.05) is 6.42 Å². The van der Waals surface area contributed by atoms with Gasteiger partial charge in [-0.15, -0.1) is 0 Å². The van der Waals surface area contributed by atoms with Gasteiger partial charge in [-0.1, -0.05) is 12.5 Å². The summed E-state index contributed by atoms with van der Waals surface area (Å²) >= 11 is 0. The minimum atomic E-state index is -0.434. The van der Waals surface area contributed by atoms with Gasteiger partial charge in [-0.2, -0.15) is 0 Å². The van der Waals surface area contributed by atoms with E-state index in [1.54, 1.807) is 0 Å². The minimum absolute atomic E-state index is 0.241. The van der Waals surface area contributed by atoms with Crippen LogP contribution in [0.5, 0.6) is 0 Å². The molecule has 3 heteroatoms. The molecule has 4 aliphatic rings. The standard InChI is InChI=1S/C19H28O3/c1-11-12-7-8-19(4)10-17-16(21-18(2,3)22-17)9-14(19)13(12)5-6-15(11)20/h13-14,16-17H,5-10H2,1-4H3/t13-,14-,16-,17+,19+/m1/s1. The first-order chi connectivity index (χ1) is 10.3. The normalized spacial score (nSPS) is 47.0. The van der Waals surface area contributed by atoms with E-state index >= 15 is 0 Å². The number of Topliss-reactive ketones (excluding diaryl/α,β-unsaturated/α-hetero) is 1. The summed E-state index contributed by atoms with van der Waals surface area (Å²) in [6.45, 7) is 8.57. The summed E-state index contributed by atoms with van der Waals surface area (Å²) in [7, 11) is 0. The van der Waals surface area contributed by atoms with Gasteiger partial charge in [0.05, 0.1) is 12.2 Å². The van der Waals surface area contributed by atoms with E-state index in [0.717, 1.165) is 37.7 Å². The van der Waals surface area contributed by atoms with Gasteiger partial charge >= 0.3 is 0 Å². The lowest BCUT2D eigenvalue weighted by molar-refractivity contribution is -0.146. The third-order valence-electron chi connectivity index (χ3n) is 6.82. The van der Waals surface area contributed by atoms with Crippen LogP contribution in [0.25, 0.3) is 0 Å². The molecule has 0 spiro atoms. The molecule has 0 bridgehead atoms. The topological polar surface area (TPSA) is 35.5 Å². The van der Waals surface area contributed by atoms with Crippen LogP contribution in [-0.4, -0.2) is 23.8 Å². The SMILES string of the molecule is CC1=C2CC[C@@]3(C)C[C@@H]4OC(C)(C)O[C@@H]4C[C@@H]3[C@@H]2CCC1=O. The van der Waals surface area contributed by atoms with Crippen molar-refractivity contribution in [1.82, 2.24) is 0 Å². The first kappa shape index (κ1) is 14.9. The molecule has 3 fully saturated rings. The van der Waals surface area contributed by atoms with Gasteiger partial charge in [0.1, 0.15) is 0 Å². The highest BCUT2D eigenvalue weighted by atomic mass is 16.7. The lowest BCUT2D eigenvalue weighted by Gasteiger charge is -2.53. The van der Waals surface area contributed by atoms with E-state index < -0.39 is 5.79 Å². The molecular weight excluding hydrogens is 276 g/mol. The van der Waals surface area contributed by atoms with Crippen LogP contribution in [-0.2, 0) is 14.3 Å². The molecule has 0 amide bonds. The van der Waals surface area contributed by atoms with Gasteiger partial charge in [0.2, 0.25) is 0 Å². The average molecular weight is 304 g/mol. The quantitative estimate of drug-likeness (QED) is 0.678. The van der Waals surface area contributed by atoms with Crippen molar-refractivity contribution in [3.05, 3.63) is 11.1 Å². The fraction of sp³-hybridized carbons (Fsp3) is 0.842. The van der Waals surface area contributed by atoms with Gasteiger partial charge in [-0.05, 0) is 75.7 Å². The fourth-order valence-electron chi connectivity index (χ4n) is 5.71. The van der Waals surface area contributed by atoms with Crippen LogP contribution in [0.4, 0.5) is 0 Å². The van der Waals surface area contributed by atoms with Crippen molar-refractivity contribution in [3.8, 4) is 0 Å². The van der Waals surface area contributed by atoms with Gasteiger partial charge in [0.25, 0.3) is 0 Å². The Hall–Kier alpha value is -0.670. The van der Waals surface area contributed by atoms with Crippen LogP contribution in [0.15, 0.2) is 11.1 Å². The van der Waals surface area contributed by atoms with E-state index in [1.165, 1.54) is 12.0 Å². The van der Waals surface area contributed by atoms with Crippen LogP contribution in [0.3, 0.4) is 0 Å². The lowest BCUT2D eigenvalue weighted by Crippen LogP contribution is -2.49. The Bertz CT molecular complexity index is 547. The Morgan fingerprint density at radius 1 is 1.09 bits per heavy atom. The Labute approximate surface area is 133 Å². The Kier molecular flexibility index (Phi) is 3.16. The van der Waals surface area contributed by atoms with Crippen LogP contribution < -0.4 is 0 Å². The fourth-order valence-corrected chi connectivity index (χ4v) is 5.71. The van der Waals surface area contributed by atoms with Crippen molar-refractivity contribution < 1.29 is 14.3 Å². The summed E-state index contributed by atoms with van der Waals surface area (Å²) in [5.41, 5.74) is 2.89. The second-order valence-electron chi connectivity index (χ2n) is 8.63. The van der Waals surface area contributed by atoms with E-state index in [0.29, 0.717) is 23.0 Å². The largest absolute Gasteiger partial charge is 0.345 e. The van der Waals surface area contributed by atoms with Crippen molar-refractivity contribution in [2.24, 2.45) is 17.3 Å². The predicted molar refractivity (Wildman–Crippen MR) is 84.3 cm³/mol. The molecule has 5 atom stereocenters. The number of allylic oxidation sites excluding steroid dienone is 2. The molecule has 0 radical (unpaired) electrons. The van der Waals surface area contributed by atoms with E-state index in [4.69, 9.17) is 9.47 Å². The third-order valence-corrected chi connectivity index (χ3v) is 6.82.